The Morgan fingerprint density at radius 3 is 2.41 bits per heavy atom. The Kier molecular flexibility index (Phi) is 5.01. The van der Waals surface area contributed by atoms with Gasteiger partial charge in [-0.25, -0.2) is 0 Å². The normalized spacial score (nSPS) is 14.8. The van der Waals surface area contributed by atoms with E-state index in [0.29, 0.717) is 12.5 Å². The fourth-order valence-corrected chi connectivity index (χ4v) is 1.83. The number of rotatable bonds is 5. The average molecular weight is 236 g/mol. The smallest absolute Gasteiger partial charge is 0.125 e. The summed E-state index contributed by atoms with van der Waals surface area (Å²) in [4.78, 5) is 0. The Balaban J connectivity index is 3.05. The molecule has 0 heterocycles. The van der Waals surface area contributed by atoms with Gasteiger partial charge in [0.25, 0.3) is 0 Å². The minimum absolute atomic E-state index is 0.219. The summed E-state index contributed by atoms with van der Waals surface area (Å²) in [6.07, 6.45) is -0.462. The number of aliphatic hydroxyl groups excluding tert-OH is 1. The SMILES string of the molecule is CCOc1ccc(C)cc1C(O)C(C)C(C)C. The minimum atomic E-state index is -0.462. The summed E-state index contributed by atoms with van der Waals surface area (Å²) in [7, 11) is 0. The molecule has 0 spiro atoms. The maximum absolute atomic E-state index is 10.4. The lowest BCUT2D eigenvalue weighted by Crippen LogP contribution is -2.16. The van der Waals surface area contributed by atoms with Crippen molar-refractivity contribution in [3.63, 3.8) is 0 Å². The van der Waals surface area contributed by atoms with Crippen LogP contribution in [0, 0.1) is 18.8 Å². The van der Waals surface area contributed by atoms with Crippen LogP contribution >= 0.6 is 0 Å². The highest BCUT2D eigenvalue weighted by Crippen LogP contribution is 2.34. The lowest BCUT2D eigenvalue weighted by Gasteiger charge is -2.24. The molecule has 0 fully saturated rings. The maximum atomic E-state index is 10.4. The van der Waals surface area contributed by atoms with Crippen molar-refractivity contribution >= 4 is 0 Å². The molecule has 0 aromatic heterocycles. The topological polar surface area (TPSA) is 29.5 Å². The molecule has 96 valence electrons. The fraction of sp³-hybridized carbons (Fsp3) is 0.600. The van der Waals surface area contributed by atoms with Gasteiger partial charge in [0.2, 0.25) is 0 Å². The Morgan fingerprint density at radius 2 is 1.88 bits per heavy atom. The average Bonchev–Trinajstić information content (AvgIpc) is 2.29. The second kappa shape index (κ2) is 6.06. The number of hydrogen-bond donors (Lipinski definition) is 1. The van der Waals surface area contributed by atoms with E-state index in [2.05, 4.69) is 20.8 Å². The van der Waals surface area contributed by atoms with Gasteiger partial charge in [0.15, 0.2) is 0 Å². The predicted molar refractivity (Wildman–Crippen MR) is 71.3 cm³/mol. The number of benzene rings is 1. The molecule has 0 bridgehead atoms. The molecule has 0 saturated carbocycles. The van der Waals surface area contributed by atoms with Gasteiger partial charge in [-0.2, -0.15) is 0 Å². The van der Waals surface area contributed by atoms with Crippen molar-refractivity contribution in [2.75, 3.05) is 6.61 Å². The molecule has 17 heavy (non-hydrogen) atoms. The minimum Gasteiger partial charge on any atom is -0.493 e. The van der Waals surface area contributed by atoms with Crippen molar-refractivity contribution in [1.82, 2.24) is 0 Å². The highest BCUT2D eigenvalue weighted by atomic mass is 16.5. The standard InChI is InChI=1S/C15H24O2/c1-6-17-14-8-7-11(4)9-13(14)15(16)12(5)10(2)3/h7-10,12,15-16H,6H2,1-5H3. The van der Waals surface area contributed by atoms with Gasteiger partial charge in [0.05, 0.1) is 12.7 Å². The molecule has 1 aromatic rings. The number of ether oxygens (including phenoxy) is 1. The number of aliphatic hydroxyl groups is 1. The van der Waals surface area contributed by atoms with Gasteiger partial charge in [-0.15, -0.1) is 0 Å². The molecule has 0 saturated heterocycles. The van der Waals surface area contributed by atoms with Crippen LogP contribution in [0.25, 0.3) is 0 Å². The molecule has 2 atom stereocenters. The summed E-state index contributed by atoms with van der Waals surface area (Å²) >= 11 is 0. The van der Waals surface area contributed by atoms with Gasteiger partial charge in [-0.3, -0.25) is 0 Å². The van der Waals surface area contributed by atoms with E-state index in [-0.39, 0.29) is 5.92 Å². The Bertz CT molecular complexity index is 358. The van der Waals surface area contributed by atoms with E-state index in [1.807, 2.05) is 32.0 Å². The zero-order chi connectivity index (χ0) is 13.0. The van der Waals surface area contributed by atoms with Crippen LogP contribution < -0.4 is 4.74 Å². The van der Waals surface area contributed by atoms with E-state index in [0.717, 1.165) is 16.9 Å². The quantitative estimate of drug-likeness (QED) is 0.844. The molecule has 1 rings (SSSR count). The number of hydrogen-bond acceptors (Lipinski definition) is 2. The van der Waals surface area contributed by atoms with Crippen LogP contribution in [0.3, 0.4) is 0 Å². The fourth-order valence-electron chi connectivity index (χ4n) is 1.83. The molecule has 0 aliphatic rings. The Hall–Kier alpha value is -1.02. The van der Waals surface area contributed by atoms with E-state index in [9.17, 15) is 5.11 Å². The van der Waals surface area contributed by atoms with E-state index < -0.39 is 6.10 Å². The summed E-state index contributed by atoms with van der Waals surface area (Å²) in [6.45, 7) is 11.0. The molecule has 1 N–H and O–H groups in total. The maximum Gasteiger partial charge on any atom is 0.125 e. The molecule has 1 aromatic carbocycles. The van der Waals surface area contributed by atoms with Crippen molar-refractivity contribution in [3.05, 3.63) is 29.3 Å². The van der Waals surface area contributed by atoms with Crippen LogP contribution in [-0.4, -0.2) is 11.7 Å². The van der Waals surface area contributed by atoms with Crippen molar-refractivity contribution in [2.24, 2.45) is 11.8 Å². The third kappa shape index (κ3) is 3.47. The first-order valence-corrected chi connectivity index (χ1v) is 6.38. The first kappa shape index (κ1) is 14.0. The zero-order valence-corrected chi connectivity index (χ0v) is 11.5. The van der Waals surface area contributed by atoms with Crippen molar-refractivity contribution in [1.29, 1.82) is 0 Å². The second-order valence-corrected chi connectivity index (χ2v) is 5.02. The third-order valence-corrected chi connectivity index (χ3v) is 3.33. The van der Waals surface area contributed by atoms with Gasteiger partial charge in [-0.1, -0.05) is 32.4 Å². The highest BCUT2D eigenvalue weighted by Gasteiger charge is 2.22. The molecule has 0 radical (unpaired) electrons. The molecule has 0 aliphatic carbocycles. The van der Waals surface area contributed by atoms with Crippen molar-refractivity contribution < 1.29 is 9.84 Å². The van der Waals surface area contributed by atoms with Crippen LogP contribution in [0.4, 0.5) is 0 Å². The number of aryl methyl sites for hydroxylation is 1. The van der Waals surface area contributed by atoms with Crippen LogP contribution in [0.5, 0.6) is 5.75 Å². The Morgan fingerprint density at radius 1 is 1.24 bits per heavy atom. The van der Waals surface area contributed by atoms with E-state index in [4.69, 9.17) is 4.74 Å². The molecule has 0 aliphatic heterocycles. The molecular weight excluding hydrogens is 212 g/mol. The van der Waals surface area contributed by atoms with Gasteiger partial charge >= 0.3 is 0 Å². The molecule has 2 nitrogen and oxygen atoms in total. The van der Waals surface area contributed by atoms with Crippen LogP contribution in [0.2, 0.25) is 0 Å². The third-order valence-electron chi connectivity index (χ3n) is 3.33. The first-order valence-electron chi connectivity index (χ1n) is 6.38. The van der Waals surface area contributed by atoms with Crippen molar-refractivity contribution in [2.45, 2.75) is 40.7 Å². The van der Waals surface area contributed by atoms with Crippen LogP contribution in [0.15, 0.2) is 18.2 Å². The summed E-state index contributed by atoms with van der Waals surface area (Å²) in [5, 5.41) is 10.4. The lowest BCUT2D eigenvalue weighted by atomic mass is 9.87. The van der Waals surface area contributed by atoms with Gasteiger partial charge in [0, 0.05) is 5.56 Å². The lowest BCUT2D eigenvalue weighted by molar-refractivity contribution is 0.0888. The predicted octanol–water partition coefficient (Wildman–Crippen LogP) is 3.72. The van der Waals surface area contributed by atoms with Crippen LogP contribution in [0.1, 0.15) is 44.9 Å². The molecule has 0 amide bonds. The van der Waals surface area contributed by atoms with E-state index >= 15 is 0 Å². The largest absolute Gasteiger partial charge is 0.493 e. The summed E-state index contributed by atoms with van der Waals surface area (Å²) in [6, 6.07) is 5.99. The summed E-state index contributed by atoms with van der Waals surface area (Å²) in [5.41, 5.74) is 2.06. The van der Waals surface area contributed by atoms with Crippen molar-refractivity contribution in [3.8, 4) is 5.75 Å². The Labute approximate surface area is 105 Å². The second-order valence-electron chi connectivity index (χ2n) is 5.02. The van der Waals surface area contributed by atoms with E-state index in [1.54, 1.807) is 0 Å². The molecule has 2 unspecified atom stereocenters. The molecular formula is C15H24O2. The monoisotopic (exact) mass is 236 g/mol. The van der Waals surface area contributed by atoms with Gasteiger partial charge in [0.1, 0.15) is 5.75 Å². The van der Waals surface area contributed by atoms with Gasteiger partial charge in [-0.05, 0) is 37.8 Å². The molecule has 2 heteroatoms. The highest BCUT2D eigenvalue weighted by molar-refractivity contribution is 5.38. The van der Waals surface area contributed by atoms with E-state index in [1.165, 1.54) is 0 Å². The first-order chi connectivity index (χ1) is 7.97. The van der Waals surface area contributed by atoms with Gasteiger partial charge < -0.3 is 9.84 Å². The zero-order valence-electron chi connectivity index (χ0n) is 11.5. The summed E-state index contributed by atoms with van der Waals surface area (Å²) < 4.78 is 5.58. The summed E-state index contributed by atoms with van der Waals surface area (Å²) in [5.74, 6) is 1.47. The van der Waals surface area contributed by atoms with Crippen LogP contribution in [-0.2, 0) is 0 Å².